The van der Waals surface area contributed by atoms with Crippen LogP contribution in [-0.2, 0) is 5.75 Å². The van der Waals surface area contributed by atoms with Gasteiger partial charge in [0.1, 0.15) is 5.82 Å². The molecule has 6 nitrogen and oxygen atoms in total. The summed E-state index contributed by atoms with van der Waals surface area (Å²) in [7, 11) is 0. The summed E-state index contributed by atoms with van der Waals surface area (Å²) in [6, 6.07) is 13.7. The lowest BCUT2D eigenvalue weighted by Crippen LogP contribution is -2.02. The average molecular weight is 402 g/mol. The van der Waals surface area contributed by atoms with Crippen molar-refractivity contribution in [2.45, 2.75) is 17.8 Å². The summed E-state index contributed by atoms with van der Waals surface area (Å²) >= 11 is 7.65. The van der Waals surface area contributed by atoms with Gasteiger partial charge in [0.05, 0.1) is 16.5 Å². The van der Waals surface area contributed by atoms with E-state index in [0.717, 1.165) is 0 Å². The Morgan fingerprint density at radius 2 is 1.81 bits per heavy atom. The van der Waals surface area contributed by atoms with E-state index >= 15 is 0 Å². The van der Waals surface area contributed by atoms with Crippen molar-refractivity contribution in [2.75, 3.05) is 0 Å². The highest BCUT2D eigenvalue weighted by atomic mass is 35.5. The van der Waals surface area contributed by atoms with E-state index in [1.54, 1.807) is 35.8 Å². The lowest BCUT2D eigenvalue weighted by atomic mass is 10.2. The number of thioether (sulfide) groups is 1. The topological polar surface area (TPSA) is 69.6 Å². The van der Waals surface area contributed by atoms with Gasteiger partial charge in [0.2, 0.25) is 11.8 Å². The SMILES string of the molecule is Cc1nnc(CSc2nnc(-c3ccccc3Cl)n2-c2ccccc2F)o1. The average Bonchev–Trinajstić information content (AvgIpc) is 3.27. The molecule has 0 fully saturated rings. The molecule has 0 atom stereocenters. The summed E-state index contributed by atoms with van der Waals surface area (Å²) in [6.45, 7) is 1.72. The van der Waals surface area contributed by atoms with Crippen molar-refractivity contribution in [1.82, 2.24) is 25.0 Å². The largest absolute Gasteiger partial charge is 0.425 e. The Bertz CT molecular complexity index is 1100. The number of aromatic nitrogens is 5. The molecule has 27 heavy (non-hydrogen) atoms. The van der Waals surface area contributed by atoms with E-state index in [-0.39, 0.29) is 5.82 Å². The summed E-state index contributed by atoms with van der Waals surface area (Å²) in [4.78, 5) is 0. The lowest BCUT2D eigenvalue weighted by Gasteiger charge is -2.11. The second-order valence-corrected chi connectivity index (χ2v) is 6.93. The molecule has 0 aliphatic carbocycles. The number of nitrogens with zero attached hydrogens (tertiary/aromatic N) is 5. The predicted octanol–water partition coefficient (Wildman–Crippen LogP) is 4.71. The van der Waals surface area contributed by atoms with E-state index in [2.05, 4.69) is 20.4 Å². The maximum Gasteiger partial charge on any atom is 0.226 e. The van der Waals surface area contributed by atoms with E-state index in [1.165, 1.54) is 17.8 Å². The highest BCUT2D eigenvalue weighted by molar-refractivity contribution is 7.98. The second kappa shape index (κ2) is 7.50. The number of hydrogen-bond donors (Lipinski definition) is 0. The number of hydrogen-bond acceptors (Lipinski definition) is 6. The molecule has 0 unspecified atom stereocenters. The third kappa shape index (κ3) is 3.58. The minimum Gasteiger partial charge on any atom is -0.425 e. The third-order valence-corrected chi connectivity index (χ3v) is 4.98. The van der Waals surface area contributed by atoms with Gasteiger partial charge in [0, 0.05) is 12.5 Å². The molecule has 0 spiro atoms. The minimum absolute atomic E-state index is 0.335. The number of halogens is 2. The molecule has 0 bridgehead atoms. The quantitative estimate of drug-likeness (QED) is 0.451. The second-order valence-electron chi connectivity index (χ2n) is 5.58. The fraction of sp³-hybridized carbons (Fsp3) is 0.111. The highest BCUT2D eigenvalue weighted by Gasteiger charge is 2.20. The van der Waals surface area contributed by atoms with Crippen LogP contribution in [0.25, 0.3) is 17.1 Å². The van der Waals surface area contributed by atoms with Crippen molar-refractivity contribution in [3.8, 4) is 17.1 Å². The van der Waals surface area contributed by atoms with Gasteiger partial charge in [0.15, 0.2) is 11.0 Å². The molecule has 0 amide bonds. The van der Waals surface area contributed by atoms with Crippen LogP contribution in [0.15, 0.2) is 58.1 Å². The van der Waals surface area contributed by atoms with Crippen LogP contribution in [0.5, 0.6) is 0 Å². The van der Waals surface area contributed by atoms with Crippen molar-refractivity contribution in [3.05, 3.63) is 71.2 Å². The molecule has 4 aromatic rings. The molecular weight excluding hydrogens is 389 g/mol. The van der Waals surface area contributed by atoms with Crippen LogP contribution in [0.4, 0.5) is 4.39 Å². The molecular formula is C18H13ClFN5OS. The number of benzene rings is 2. The Balaban J connectivity index is 1.80. The molecule has 0 radical (unpaired) electrons. The molecule has 0 saturated carbocycles. The van der Waals surface area contributed by atoms with Crippen LogP contribution in [0.1, 0.15) is 11.8 Å². The minimum atomic E-state index is -0.388. The van der Waals surface area contributed by atoms with Crippen LogP contribution >= 0.6 is 23.4 Å². The van der Waals surface area contributed by atoms with Gasteiger partial charge in [-0.05, 0) is 24.3 Å². The standard InChI is InChI=1S/C18H13ClFN5OS/c1-11-21-22-16(26-11)10-27-18-24-23-17(12-6-2-3-7-13(12)19)25(18)15-9-5-4-8-14(15)20/h2-9H,10H2,1H3. The smallest absolute Gasteiger partial charge is 0.226 e. The molecule has 0 aliphatic heterocycles. The van der Waals surface area contributed by atoms with Gasteiger partial charge in [-0.1, -0.05) is 47.6 Å². The van der Waals surface area contributed by atoms with Crippen LogP contribution in [-0.4, -0.2) is 25.0 Å². The fourth-order valence-corrected chi connectivity index (χ4v) is 3.55. The Labute approximate surface area is 163 Å². The Morgan fingerprint density at radius 1 is 1.04 bits per heavy atom. The summed E-state index contributed by atoms with van der Waals surface area (Å²) < 4.78 is 21.6. The molecule has 2 heterocycles. The molecule has 0 aliphatic rings. The summed E-state index contributed by atoms with van der Waals surface area (Å²) in [6.07, 6.45) is 0. The summed E-state index contributed by atoms with van der Waals surface area (Å²) in [5, 5.41) is 17.3. The number of aryl methyl sites for hydroxylation is 1. The van der Waals surface area contributed by atoms with Gasteiger partial charge in [-0.25, -0.2) is 4.39 Å². The maximum absolute atomic E-state index is 14.5. The predicted molar refractivity (Wildman–Crippen MR) is 100 cm³/mol. The number of para-hydroxylation sites is 1. The van der Waals surface area contributed by atoms with Crippen molar-refractivity contribution in [1.29, 1.82) is 0 Å². The first-order chi connectivity index (χ1) is 13.1. The van der Waals surface area contributed by atoms with E-state index < -0.39 is 0 Å². The van der Waals surface area contributed by atoms with Gasteiger partial charge in [-0.3, -0.25) is 4.57 Å². The third-order valence-electron chi connectivity index (χ3n) is 3.73. The Hall–Kier alpha value is -2.71. The van der Waals surface area contributed by atoms with Gasteiger partial charge >= 0.3 is 0 Å². The van der Waals surface area contributed by atoms with Crippen LogP contribution in [0.2, 0.25) is 5.02 Å². The molecule has 2 aromatic heterocycles. The first kappa shape index (κ1) is 17.7. The summed E-state index contributed by atoms with van der Waals surface area (Å²) in [5.41, 5.74) is 0.997. The number of rotatable bonds is 5. The van der Waals surface area contributed by atoms with Gasteiger partial charge < -0.3 is 4.42 Å². The fourth-order valence-electron chi connectivity index (χ4n) is 2.55. The van der Waals surface area contributed by atoms with E-state index in [0.29, 0.717) is 44.8 Å². The Morgan fingerprint density at radius 3 is 2.56 bits per heavy atom. The summed E-state index contributed by atoms with van der Waals surface area (Å²) in [5.74, 6) is 1.39. The molecule has 9 heteroatoms. The van der Waals surface area contributed by atoms with E-state index in [1.807, 2.05) is 18.2 Å². The molecule has 2 aromatic carbocycles. The van der Waals surface area contributed by atoms with E-state index in [9.17, 15) is 4.39 Å². The van der Waals surface area contributed by atoms with E-state index in [4.69, 9.17) is 16.0 Å². The first-order valence-corrected chi connectivity index (χ1v) is 9.37. The van der Waals surface area contributed by atoms with Gasteiger partial charge in [-0.15, -0.1) is 20.4 Å². The van der Waals surface area contributed by atoms with Crippen LogP contribution in [0, 0.1) is 12.7 Å². The van der Waals surface area contributed by atoms with Crippen molar-refractivity contribution < 1.29 is 8.81 Å². The molecule has 0 saturated heterocycles. The van der Waals surface area contributed by atoms with Gasteiger partial charge in [0.25, 0.3) is 0 Å². The van der Waals surface area contributed by atoms with Crippen LogP contribution in [0.3, 0.4) is 0 Å². The maximum atomic E-state index is 14.5. The van der Waals surface area contributed by atoms with Gasteiger partial charge in [-0.2, -0.15) is 0 Å². The zero-order chi connectivity index (χ0) is 18.8. The zero-order valence-corrected chi connectivity index (χ0v) is 15.7. The van der Waals surface area contributed by atoms with Crippen molar-refractivity contribution in [2.24, 2.45) is 0 Å². The van der Waals surface area contributed by atoms with Crippen LogP contribution < -0.4 is 0 Å². The molecule has 4 rings (SSSR count). The van der Waals surface area contributed by atoms with Crippen molar-refractivity contribution >= 4 is 23.4 Å². The Kier molecular flexibility index (Phi) is 4.91. The monoisotopic (exact) mass is 401 g/mol. The zero-order valence-electron chi connectivity index (χ0n) is 14.1. The molecule has 136 valence electrons. The lowest BCUT2D eigenvalue weighted by molar-refractivity contribution is 0.485. The highest BCUT2D eigenvalue weighted by Crippen LogP contribution is 2.33. The molecule has 0 N–H and O–H groups in total. The van der Waals surface area contributed by atoms with Crippen molar-refractivity contribution in [3.63, 3.8) is 0 Å². The normalized spacial score (nSPS) is 11.1. The first-order valence-electron chi connectivity index (χ1n) is 8.00.